The quantitative estimate of drug-likeness (QED) is 0.797. The van der Waals surface area contributed by atoms with E-state index in [9.17, 15) is 4.79 Å². The van der Waals surface area contributed by atoms with Crippen molar-refractivity contribution in [1.29, 1.82) is 0 Å². The Balaban J connectivity index is 1.74. The minimum Gasteiger partial charge on any atom is -0.336 e. The van der Waals surface area contributed by atoms with Crippen molar-refractivity contribution in [3.05, 3.63) is 16.1 Å². The third-order valence-electron chi connectivity index (χ3n) is 4.24. The maximum absolute atomic E-state index is 12.6. The van der Waals surface area contributed by atoms with Crippen LogP contribution in [-0.4, -0.2) is 39.4 Å². The van der Waals surface area contributed by atoms with Gasteiger partial charge < -0.3 is 4.90 Å². The Hall–Kier alpha value is -0.550. The Morgan fingerprint density at radius 2 is 2.16 bits per heavy atom. The predicted molar refractivity (Wildman–Crippen MR) is 81.0 cm³/mol. The number of nitrogens with zero attached hydrogens (tertiary/aromatic N) is 2. The van der Waals surface area contributed by atoms with E-state index in [4.69, 9.17) is 0 Å². The topological polar surface area (TPSA) is 33.2 Å². The Bertz CT molecular complexity index is 460. The first-order valence-electron chi connectivity index (χ1n) is 7.04. The standard InChI is InChI=1S/C14H20N2OS2/c1-11-12(18-10-15-11)13(17)16-7-8-19-14(9-16)5-3-2-4-6-14/h10H,2-9H2,1H3. The van der Waals surface area contributed by atoms with Crippen LogP contribution in [0.3, 0.4) is 0 Å². The molecule has 19 heavy (non-hydrogen) atoms. The second-order valence-electron chi connectivity index (χ2n) is 5.59. The summed E-state index contributed by atoms with van der Waals surface area (Å²) in [4.78, 5) is 19.7. The van der Waals surface area contributed by atoms with Crippen LogP contribution in [0.15, 0.2) is 5.51 Å². The summed E-state index contributed by atoms with van der Waals surface area (Å²) in [7, 11) is 0. The molecule has 3 nitrogen and oxygen atoms in total. The Morgan fingerprint density at radius 1 is 1.37 bits per heavy atom. The zero-order valence-corrected chi connectivity index (χ0v) is 13.0. The predicted octanol–water partition coefficient (Wildman–Crippen LogP) is 3.34. The summed E-state index contributed by atoms with van der Waals surface area (Å²) >= 11 is 3.58. The number of thiazole rings is 1. The van der Waals surface area contributed by atoms with E-state index in [2.05, 4.69) is 21.6 Å². The van der Waals surface area contributed by atoms with Gasteiger partial charge in [0.05, 0.1) is 11.2 Å². The molecule has 0 bridgehead atoms. The minimum atomic E-state index is 0.199. The summed E-state index contributed by atoms with van der Waals surface area (Å²) in [6.45, 7) is 3.76. The Labute approximate surface area is 122 Å². The normalized spacial score (nSPS) is 22.7. The first-order valence-corrected chi connectivity index (χ1v) is 8.90. The molecule has 2 heterocycles. The minimum absolute atomic E-state index is 0.199. The Morgan fingerprint density at radius 3 is 2.84 bits per heavy atom. The van der Waals surface area contributed by atoms with Gasteiger partial charge in [0.15, 0.2) is 0 Å². The van der Waals surface area contributed by atoms with Crippen LogP contribution in [0.2, 0.25) is 0 Å². The lowest BCUT2D eigenvalue weighted by molar-refractivity contribution is 0.0734. The maximum atomic E-state index is 12.6. The molecule has 1 aromatic heterocycles. The van der Waals surface area contributed by atoms with Crippen LogP contribution in [0.1, 0.15) is 47.5 Å². The third-order valence-corrected chi connectivity index (χ3v) is 6.69. The molecule has 3 rings (SSSR count). The van der Waals surface area contributed by atoms with Gasteiger partial charge in [0, 0.05) is 23.6 Å². The molecule has 0 radical (unpaired) electrons. The monoisotopic (exact) mass is 296 g/mol. The van der Waals surface area contributed by atoms with Gasteiger partial charge in [0.1, 0.15) is 4.88 Å². The molecule has 1 aromatic rings. The van der Waals surface area contributed by atoms with Crippen molar-refractivity contribution < 1.29 is 4.79 Å². The van der Waals surface area contributed by atoms with Crippen LogP contribution in [0, 0.1) is 6.92 Å². The second kappa shape index (κ2) is 5.44. The molecule has 2 aliphatic rings. The average Bonchev–Trinajstić information content (AvgIpc) is 2.85. The van der Waals surface area contributed by atoms with Crippen molar-refractivity contribution in [2.24, 2.45) is 0 Å². The van der Waals surface area contributed by atoms with E-state index >= 15 is 0 Å². The largest absolute Gasteiger partial charge is 0.336 e. The first-order chi connectivity index (χ1) is 9.20. The lowest BCUT2D eigenvalue weighted by atomic mass is 9.87. The number of carbonyl (C=O) groups is 1. The summed E-state index contributed by atoms with van der Waals surface area (Å²) in [5.41, 5.74) is 2.66. The van der Waals surface area contributed by atoms with E-state index in [-0.39, 0.29) is 5.91 Å². The fourth-order valence-corrected chi connectivity index (χ4v) is 5.51. The van der Waals surface area contributed by atoms with E-state index in [0.717, 1.165) is 29.4 Å². The SMILES string of the molecule is Cc1ncsc1C(=O)N1CCSC2(CCCCC2)C1. The highest BCUT2D eigenvalue weighted by Gasteiger charge is 2.39. The summed E-state index contributed by atoms with van der Waals surface area (Å²) in [5.74, 6) is 1.29. The molecule has 5 heteroatoms. The van der Waals surface area contributed by atoms with Crippen LogP contribution in [0.4, 0.5) is 0 Å². The molecule has 0 unspecified atom stereocenters. The first kappa shape index (κ1) is 13.4. The molecule has 1 aliphatic heterocycles. The summed E-state index contributed by atoms with van der Waals surface area (Å²) < 4.78 is 0.352. The summed E-state index contributed by atoms with van der Waals surface area (Å²) in [6.07, 6.45) is 6.58. The number of rotatable bonds is 1. The van der Waals surface area contributed by atoms with Crippen molar-refractivity contribution in [3.63, 3.8) is 0 Å². The van der Waals surface area contributed by atoms with Gasteiger partial charge in [-0.2, -0.15) is 11.8 Å². The van der Waals surface area contributed by atoms with Gasteiger partial charge in [-0.3, -0.25) is 4.79 Å². The van der Waals surface area contributed by atoms with Gasteiger partial charge in [-0.15, -0.1) is 11.3 Å². The van der Waals surface area contributed by atoms with Crippen LogP contribution in [0.5, 0.6) is 0 Å². The van der Waals surface area contributed by atoms with Gasteiger partial charge in [0.25, 0.3) is 5.91 Å². The fraction of sp³-hybridized carbons (Fsp3) is 0.714. The molecule has 1 saturated carbocycles. The van der Waals surface area contributed by atoms with E-state index < -0.39 is 0 Å². The van der Waals surface area contributed by atoms with E-state index in [1.165, 1.54) is 43.4 Å². The summed E-state index contributed by atoms with van der Waals surface area (Å²) in [5, 5.41) is 0. The average molecular weight is 296 g/mol. The van der Waals surface area contributed by atoms with Gasteiger partial charge in [-0.1, -0.05) is 19.3 Å². The van der Waals surface area contributed by atoms with Crippen molar-refractivity contribution in [3.8, 4) is 0 Å². The second-order valence-corrected chi connectivity index (χ2v) is 8.00. The maximum Gasteiger partial charge on any atom is 0.265 e. The number of amides is 1. The molecule has 2 fully saturated rings. The lowest BCUT2D eigenvalue weighted by Gasteiger charge is -2.44. The zero-order chi connectivity index (χ0) is 13.3. The zero-order valence-electron chi connectivity index (χ0n) is 11.4. The number of aryl methyl sites for hydroxylation is 1. The highest BCUT2D eigenvalue weighted by molar-refractivity contribution is 8.00. The van der Waals surface area contributed by atoms with Crippen molar-refractivity contribution >= 4 is 29.0 Å². The lowest BCUT2D eigenvalue weighted by Crippen LogP contribution is -2.49. The highest BCUT2D eigenvalue weighted by atomic mass is 32.2. The number of hydrogen-bond donors (Lipinski definition) is 0. The Kier molecular flexibility index (Phi) is 3.85. The smallest absolute Gasteiger partial charge is 0.265 e. The van der Waals surface area contributed by atoms with Gasteiger partial charge in [0.2, 0.25) is 0 Å². The molecule has 0 atom stereocenters. The van der Waals surface area contributed by atoms with Gasteiger partial charge in [-0.05, 0) is 19.8 Å². The molecule has 0 aromatic carbocycles. The third kappa shape index (κ3) is 2.68. The molecular formula is C14H20N2OS2. The van der Waals surface area contributed by atoms with Gasteiger partial charge >= 0.3 is 0 Å². The number of hydrogen-bond acceptors (Lipinski definition) is 4. The van der Waals surface area contributed by atoms with Crippen LogP contribution in [0.25, 0.3) is 0 Å². The number of thioether (sulfide) groups is 1. The van der Waals surface area contributed by atoms with Crippen LogP contribution >= 0.6 is 23.1 Å². The molecule has 1 saturated heterocycles. The molecular weight excluding hydrogens is 276 g/mol. The van der Waals surface area contributed by atoms with Crippen molar-refractivity contribution in [2.45, 2.75) is 43.8 Å². The van der Waals surface area contributed by atoms with Gasteiger partial charge in [-0.25, -0.2) is 4.98 Å². The molecule has 1 spiro atoms. The van der Waals surface area contributed by atoms with E-state index in [1.807, 2.05) is 6.92 Å². The molecule has 0 N–H and O–H groups in total. The van der Waals surface area contributed by atoms with Crippen LogP contribution < -0.4 is 0 Å². The molecule has 1 amide bonds. The van der Waals surface area contributed by atoms with Crippen LogP contribution in [-0.2, 0) is 0 Å². The van der Waals surface area contributed by atoms with Crippen molar-refractivity contribution in [2.75, 3.05) is 18.8 Å². The number of carbonyl (C=O) groups excluding carboxylic acids is 1. The molecule has 104 valence electrons. The highest BCUT2D eigenvalue weighted by Crippen LogP contribution is 2.43. The van der Waals surface area contributed by atoms with Crippen molar-refractivity contribution in [1.82, 2.24) is 9.88 Å². The van der Waals surface area contributed by atoms with E-state index in [1.54, 1.807) is 5.51 Å². The van der Waals surface area contributed by atoms with E-state index in [0.29, 0.717) is 4.75 Å². The fourth-order valence-electron chi connectivity index (χ4n) is 3.17. The molecule has 1 aliphatic carbocycles. The summed E-state index contributed by atoms with van der Waals surface area (Å²) in [6, 6.07) is 0. The number of aromatic nitrogens is 1.